The number of aliphatic hydroxyl groups excluding tert-OH is 2. The zero-order chi connectivity index (χ0) is 23.0. The highest BCUT2D eigenvalue weighted by molar-refractivity contribution is 6.68. The van der Waals surface area contributed by atoms with Crippen LogP contribution >= 0.6 is 69.6 Å². The number of hydrogen-bond donors (Lipinski definition) is 2. The van der Waals surface area contributed by atoms with E-state index >= 15 is 0 Å². The molecule has 0 saturated heterocycles. The molecule has 0 aromatic heterocycles. The first-order valence-electron chi connectivity index (χ1n) is 11.1. The summed E-state index contributed by atoms with van der Waals surface area (Å²) in [4.78, 5) is 1.95. The Kier molecular flexibility index (Phi) is 19.0. The van der Waals surface area contributed by atoms with Crippen LogP contribution in [0.5, 0.6) is 0 Å². The number of nitrogens with zero attached hydrogens (tertiary/aromatic N) is 1. The second-order valence-electron chi connectivity index (χ2n) is 8.24. The molecular formula is C21H39Cl6NO2. The molecule has 0 rings (SSSR count). The SMILES string of the molecule is CCCCCCCCCCCCCN(CC(O)CC(Cl)(Cl)Cl)CC(O)CC(Cl)(Cl)Cl. The summed E-state index contributed by atoms with van der Waals surface area (Å²) in [6.07, 6.45) is 12.2. The van der Waals surface area contributed by atoms with Crippen LogP contribution < -0.4 is 0 Å². The van der Waals surface area contributed by atoms with Crippen molar-refractivity contribution in [3.8, 4) is 0 Å². The van der Waals surface area contributed by atoms with Gasteiger partial charge in [-0.1, -0.05) is 141 Å². The first-order valence-corrected chi connectivity index (χ1v) is 13.4. The Labute approximate surface area is 213 Å². The molecule has 2 unspecified atom stereocenters. The van der Waals surface area contributed by atoms with Gasteiger partial charge in [-0.3, -0.25) is 4.90 Å². The Morgan fingerprint density at radius 1 is 0.600 bits per heavy atom. The molecule has 30 heavy (non-hydrogen) atoms. The number of halogens is 6. The molecule has 2 atom stereocenters. The zero-order valence-electron chi connectivity index (χ0n) is 18.1. The summed E-state index contributed by atoms with van der Waals surface area (Å²) in [6.45, 7) is 3.56. The highest BCUT2D eigenvalue weighted by Crippen LogP contribution is 2.33. The van der Waals surface area contributed by atoms with Crippen LogP contribution in [-0.2, 0) is 0 Å². The normalized spacial score (nSPS) is 15.0. The van der Waals surface area contributed by atoms with Crippen molar-refractivity contribution in [2.75, 3.05) is 19.6 Å². The molecular weight excluding hydrogens is 511 g/mol. The minimum Gasteiger partial charge on any atom is -0.392 e. The van der Waals surface area contributed by atoms with Crippen molar-refractivity contribution in [3.63, 3.8) is 0 Å². The lowest BCUT2D eigenvalue weighted by atomic mass is 10.1. The maximum atomic E-state index is 10.2. The van der Waals surface area contributed by atoms with E-state index in [0.29, 0.717) is 13.1 Å². The maximum Gasteiger partial charge on any atom is 0.193 e. The van der Waals surface area contributed by atoms with Gasteiger partial charge in [0, 0.05) is 25.9 Å². The van der Waals surface area contributed by atoms with Crippen molar-refractivity contribution in [1.29, 1.82) is 0 Å². The average molecular weight is 550 g/mol. The molecule has 3 nitrogen and oxygen atoms in total. The molecule has 9 heteroatoms. The summed E-state index contributed by atoms with van der Waals surface area (Å²) in [5.41, 5.74) is 0. The van der Waals surface area contributed by atoms with Gasteiger partial charge in [-0.15, -0.1) is 0 Å². The molecule has 0 spiro atoms. The molecule has 182 valence electrons. The van der Waals surface area contributed by atoms with E-state index < -0.39 is 19.8 Å². The number of hydrogen-bond acceptors (Lipinski definition) is 3. The monoisotopic (exact) mass is 547 g/mol. The third kappa shape index (κ3) is 22.8. The van der Waals surface area contributed by atoms with E-state index in [9.17, 15) is 10.2 Å². The van der Waals surface area contributed by atoms with Crippen molar-refractivity contribution >= 4 is 69.6 Å². The van der Waals surface area contributed by atoms with E-state index in [2.05, 4.69) is 6.92 Å². The number of rotatable bonds is 18. The van der Waals surface area contributed by atoms with E-state index in [-0.39, 0.29) is 12.8 Å². The van der Waals surface area contributed by atoms with Gasteiger partial charge in [0.25, 0.3) is 0 Å². The molecule has 0 aromatic rings. The fourth-order valence-corrected chi connectivity index (χ4v) is 4.58. The van der Waals surface area contributed by atoms with Gasteiger partial charge in [0.15, 0.2) is 7.59 Å². The molecule has 0 aromatic carbocycles. The predicted molar refractivity (Wildman–Crippen MR) is 135 cm³/mol. The Bertz CT molecular complexity index is 380. The smallest absolute Gasteiger partial charge is 0.193 e. The molecule has 2 N–H and O–H groups in total. The second kappa shape index (κ2) is 18.0. The topological polar surface area (TPSA) is 43.7 Å². The maximum absolute atomic E-state index is 10.2. The predicted octanol–water partition coefficient (Wildman–Crippen LogP) is 7.84. The van der Waals surface area contributed by atoms with Crippen LogP contribution in [0.15, 0.2) is 0 Å². The summed E-state index contributed by atoms with van der Waals surface area (Å²) in [6, 6.07) is 0. The fourth-order valence-electron chi connectivity index (χ4n) is 3.52. The molecule has 0 fully saturated rings. The second-order valence-corrected chi connectivity index (χ2v) is 13.3. The summed E-state index contributed by atoms with van der Waals surface area (Å²) >= 11 is 34.7. The van der Waals surface area contributed by atoms with Crippen molar-refractivity contribution < 1.29 is 10.2 Å². The van der Waals surface area contributed by atoms with Crippen LogP contribution in [0.4, 0.5) is 0 Å². The van der Waals surface area contributed by atoms with Crippen LogP contribution in [0.1, 0.15) is 90.4 Å². The Hall–Kier alpha value is 1.62. The van der Waals surface area contributed by atoms with Gasteiger partial charge in [0.2, 0.25) is 0 Å². The Morgan fingerprint density at radius 2 is 0.933 bits per heavy atom. The lowest BCUT2D eigenvalue weighted by molar-refractivity contribution is 0.0626. The van der Waals surface area contributed by atoms with Gasteiger partial charge in [0.1, 0.15) is 0 Å². The van der Waals surface area contributed by atoms with E-state index in [1.54, 1.807) is 0 Å². The van der Waals surface area contributed by atoms with Gasteiger partial charge < -0.3 is 10.2 Å². The fraction of sp³-hybridized carbons (Fsp3) is 1.00. The quantitative estimate of drug-likeness (QED) is 0.135. The summed E-state index contributed by atoms with van der Waals surface area (Å²) in [5, 5.41) is 20.4. The largest absolute Gasteiger partial charge is 0.392 e. The Balaban J connectivity index is 4.18. The zero-order valence-corrected chi connectivity index (χ0v) is 22.6. The summed E-state index contributed by atoms with van der Waals surface area (Å²) in [7, 11) is 0. The first-order chi connectivity index (χ1) is 13.9. The number of unbranched alkanes of at least 4 members (excludes halogenated alkanes) is 10. The van der Waals surface area contributed by atoms with Gasteiger partial charge in [-0.25, -0.2) is 0 Å². The standard InChI is InChI=1S/C21H39Cl6NO2/c1-2-3-4-5-6-7-8-9-10-11-12-13-28(16-18(29)14-20(22,23)24)17-19(30)15-21(25,26)27/h18-19,29-30H,2-17H2,1H3. The van der Waals surface area contributed by atoms with Gasteiger partial charge in [0.05, 0.1) is 12.2 Å². The lowest BCUT2D eigenvalue weighted by Gasteiger charge is -2.29. The first kappa shape index (κ1) is 31.6. The van der Waals surface area contributed by atoms with Crippen LogP contribution in [0.25, 0.3) is 0 Å². The van der Waals surface area contributed by atoms with Crippen molar-refractivity contribution in [3.05, 3.63) is 0 Å². The highest BCUT2D eigenvalue weighted by atomic mass is 35.6. The minimum absolute atomic E-state index is 0.0208. The average Bonchev–Trinajstić information content (AvgIpc) is 2.56. The van der Waals surface area contributed by atoms with E-state index in [0.717, 1.165) is 19.4 Å². The van der Waals surface area contributed by atoms with E-state index in [4.69, 9.17) is 69.6 Å². The van der Waals surface area contributed by atoms with Crippen LogP contribution in [0, 0.1) is 0 Å². The van der Waals surface area contributed by atoms with E-state index in [1.807, 2.05) is 4.90 Å². The molecule has 0 heterocycles. The minimum atomic E-state index is -1.52. The van der Waals surface area contributed by atoms with Crippen molar-refractivity contribution in [2.45, 2.75) is 110 Å². The van der Waals surface area contributed by atoms with Crippen LogP contribution in [-0.4, -0.2) is 54.5 Å². The van der Waals surface area contributed by atoms with Gasteiger partial charge >= 0.3 is 0 Å². The molecule has 0 amide bonds. The summed E-state index contributed by atoms with van der Waals surface area (Å²) < 4.78 is -3.03. The number of alkyl halides is 6. The number of aliphatic hydroxyl groups is 2. The Morgan fingerprint density at radius 3 is 1.27 bits per heavy atom. The van der Waals surface area contributed by atoms with Gasteiger partial charge in [-0.2, -0.15) is 0 Å². The van der Waals surface area contributed by atoms with Crippen LogP contribution in [0.3, 0.4) is 0 Å². The van der Waals surface area contributed by atoms with Crippen molar-refractivity contribution in [1.82, 2.24) is 4.90 Å². The molecule has 0 aliphatic rings. The summed E-state index contributed by atoms with van der Waals surface area (Å²) in [5.74, 6) is 0. The molecule has 0 bridgehead atoms. The third-order valence-electron chi connectivity index (χ3n) is 4.95. The highest BCUT2D eigenvalue weighted by Gasteiger charge is 2.28. The van der Waals surface area contributed by atoms with E-state index in [1.165, 1.54) is 57.8 Å². The molecule has 0 radical (unpaired) electrons. The van der Waals surface area contributed by atoms with Crippen molar-refractivity contribution in [2.24, 2.45) is 0 Å². The third-order valence-corrected chi connectivity index (χ3v) is 5.88. The van der Waals surface area contributed by atoms with Gasteiger partial charge in [-0.05, 0) is 13.0 Å². The molecule has 0 saturated carbocycles. The van der Waals surface area contributed by atoms with Crippen LogP contribution in [0.2, 0.25) is 0 Å². The lowest BCUT2D eigenvalue weighted by Crippen LogP contribution is -2.40. The molecule has 0 aliphatic heterocycles. The molecule has 0 aliphatic carbocycles.